The van der Waals surface area contributed by atoms with Gasteiger partial charge >= 0.3 is 0 Å². The van der Waals surface area contributed by atoms with Gasteiger partial charge in [0.25, 0.3) is 0 Å². The Balaban J connectivity index is 0.00000108. The fourth-order valence-corrected chi connectivity index (χ4v) is 5.62. The summed E-state index contributed by atoms with van der Waals surface area (Å²) in [5, 5.41) is 0. The number of anilines is 1. The summed E-state index contributed by atoms with van der Waals surface area (Å²) in [5.41, 5.74) is 3.26. The Bertz CT molecular complexity index is 922. The van der Waals surface area contributed by atoms with Crippen molar-refractivity contribution in [2.45, 2.75) is 84.1 Å². The van der Waals surface area contributed by atoms with Crippen LogP contribution >= 0.6 is 11.9 Å². The summed E-state index contributed by atoms with van der Waals surface area (Å²) in [7, 11) is 0. The van der Waals surface area contributed by atoms with Crippen molar-refractivity contribution in [1.82, 2.24) is 0 Å². The van der Waals surface area contributed by atoms with Gasteiger partial charge in [-0.05, 0) is 85.4 Å². The molecule has 2 aliphatic rings. The van der Waals surface area contributed by atoms with Crippen LogP contribution in [-0.4, -0.2) is 31.6 Å². The van der Waals surface area contributed by atoms with E-state index in [1.807, 2.05) is 12.1 Å². The SMILES string of the molecule is CCC.CCc1ccc(N(CC(C)C)Sc2ccc3c(c2)C(=O)CC(CC2CCOCC2)O3)cc1. The van der Waals surface area contributed by atoms with Gasteiger partial charge in [0.2, 0.25) is 0 Å². The molecular formula is C30H43NO3S. The van der Waals surface area contributed by atoms with Crippen molar-refractivity contribution in [2.75, 3.05) is 24.1 Å². The van der Waals surface area contributed by atoms with E-state index in [-0.39, 0.29) is 11.9 Å². The van der Waals surface area contributed by atoms with Gasteiger partial charge in [-0.2, -0.15) is 0 Å². The number of hydrogen-bond donors (Lipinski definition) is 0. The van der Waals surface area contributed by atoms with Crippen molar-refractivity contribution in [3.63, 3.8) is 0 Å². The maximum absolute atomic E-state index is 13.0. The standard InChI is InChI=1S/C27H35NO3S.C3H8/c1-4-20-5-7-22(8-6-20)28(18-19(2)3)32-24-9-10-27-25(17-24)26(29)16-23(31-27)15-21-11-13-30-14-12-21;1-3-2/h5-10,17,19,21,23H,4,11-16,18H2,1-3H3;3H2,1-2H3. The lowest BCUT2D eigenvalue weighted by Gasteiger charge is -2.30. The molecular weight excluding hydrogens is 454 g/mol. The molecule has 192 valence electrons. The van der Waals surface area contributed by atoms with Crippen LogP contribution < -0.4 is 9.04 Å². The number of Topliss-reactive ketones (excluding diaryl/α,β-unsaturated/α-hetero) is 1. The molecule has 1 atom stereocenters. The Labute approximate surface area is 216 Å². The van der Waals surface area contributed by atoms with Crippen molar-refractivity contribution in [3.05, 3.63) is 53.6 Å². The molecule has 0 amide bonds. The van der Waals surface area contributed by atoms with Crippen LogP contribution in [0, 0.1) is 11.8 Å². The molecule has 0 aromatic heterocycles. The van der Waals surface area contributed by atoms with Crippen LogP contribution in [0.15, 0.2) is 47.4 Å². The third-order valence-corrected chi connectivity index (χ3v) is 7.32. The molecule has 4 rings (SSSR count). The maximum Gasteiger partial charge on any atom is 0.170 e. The molecule has 0 spiro atoms. The summed E-state index contributed by atoms with van der Waals surface area (Å²) in [6.45, 7) is 13.5. The van der Waals surface area contributed by atoms with Crippen molar-refractivity contribution in [1.29, 1.82) is 0 Å². The van der Waals surface area contributed by atoms with Crippen LogP contribution in [0.4, 0.5) is 5.69 Å². The number of nitrogens with zero attached hydrogens (tertiary/aromatic N) is 1. The van der Waals surface area contributed by atoms with E-state index in [1.165, 1.54) is 17.7 Å². The van der Waals surface area contributed by atoms with Gasteiger partial charge in [0.1, 0.15) is 11.9 Å². The van der Waals surface area contributed by atoms with Crippen LogP contribution in [0.25, 0.3) is 0 Å². The summed E-state index contributed by atoms with van der Waals surface area (Å²) >= 11 is 1.70. The Morgan fingerprint density at radius 2 is 1.71 bits per heavy atom. The molecule has 0 aliphatic carbocycles. The Morgan fingerprint density at radius 1 is 1.03 bits per heavy atom. The highest BCUT2D eigenvalue weighted by atomic mass is 32.2. The number of fused-ring (bicyclic) bond motifs is 1. The molecule has 1 fully saturated rings. The molecule has 0 saturated carbocycles. The predicted octanol–water partition coefficient (Wildman–Crippen LogP) is 7.99. The minimum Gasteiger partial charge on any atom is -0.489 e. The highest BCUT2D eigenvalue weighted by Crippen LogP contribution is 2.37. The smallest absolute Gasteiger partial charge is 0.170 e. The minimum atomic E-state index is -0.00822. The van der Waals surface area contributed by atoms with E-state index < -0.39 is 0 Å². The molecule has 0 bridgehead atoms. The van der Waals surface area contributed by atoms with Crippen molar-refractivity contribution >= 4 is 23.4 Å². The maximum atomic E-state index is 13.0. The second kappa shape index (κ2) is 13.9. The van der Waals surface area contributed by atoms with Gasteiger partial charge < -0.3 is 13.8 Å². The van der Waals surface area contributed by atoms with E-state index in [0.29, 0.717) is 18.3 Å². The number of rotatable bonds is 8. The van der Waals surface area contributed by atoms with Gasteiger partial charge in [0, 0.05) is 36.8 Å². The van der Waals surface area contributed by atoms with Crippen molar-refractivity contribution < 1.29 is 14.3 Å². The predicted molar refractivity (Wildman–Crippen MR) is 148 cm³/mol. The number of ketones is 1. The van der Waals surface area contributed by atoms with Crippen LogP contribution in [0.3, 0.4) is 0 Å². The molecule has 4 nitrogen and oxygen atoms in total. The summed E-state index contributed by atoms with van der Waals surface area (Å²) in [4.78, 5) is 14.0. The van der Waals surface area contributed by atoms with Gasteiger partial charge in [-0.15, -0.1) is 0 Å². The zero-order valence-electron chi connectivity index (χ0n) is 22.2. The largest absolute Gasteiger partial charge is 0.489 e. The van der Waals surface area contributed by atoms with E-state index >= 15 is 0 Å². The lowest BCUT2D eigenvalue weighted by Crippen LogP contribution is -2.30. The summed E-state index contributed by atoms with van der Waals surface area (Å²) < 4.78 is 14.0. The highest BCUT2D eigenvalue weighted by molar-refractivity contribution is 8.00. The molecule has 0 radical (unpaired) electrons. The summed E-state index contributed by atoms with van der Waals surface area (Å²) in [6.07, 6.45) is 5.85. The minimum absolute atomic E-state index is 0.00822. The molecule has 2 aromatic rings. The number of carbonyl (C=O) groups is 1. The van der Waals surface area contributed by atoms with Crippen LogP contribution in [0.2, 0.25) is 0 Å². The number of hydrogen-bond acceptors (Lipinski definition) is 5. The topological polar surface area (TPSA) is 38.8 Å². The molecule has 1 saturated heterocycles. The van der Waals surface area contributed by atoms with Gasteiger partial charge in [0.15, 0.2) is 5.78 Å². The first kappa shape index (κ1) is 27.6. The van der Waals surface area contributed by atoms with Crippen LogP contribution in [-0.2, 0) is 11.2 Å². The van der Waals surface area contributed by atoms with Crippen molar-refractivity contribution in [2.24, 2.45) is 11.8 Å². The van der Waals surface area contributed by atoms with E-state index in [9.17, 15) is 4.79 Å². The summed E-state index contributed by atoms with van der Waals surface area (Å²) in [6, 6.07) is 14.9. The fraction of sp³-hybridized carbons (Fsp3) is 0.567. The first-order chi connectivity index (χ1) is 16.9. The quantitative estimate of drug-likeness (QED) is 0.346. The van der Waals surface area contributed by atoms with Crippen LogP contribution in [0.1, 0.15) is 82.6 Å². The van der Waals surface area contributed by atoms with Gasteiger partial charge in [0.05, 0.1) is 5.56 Å². The molecule has 5 heteroatoms. The number of carbonyl (C=O) groups excluding carboxylic acids is 1. The van der Waals surface area contributed by atoms with E-state index in [2.05, 4.69) is 69.3 Å². The van der Waals surface area contributed by atoms with Gasteiger partial charge in [-0.3, -0.25) is 4.79 Å². The first-order valence-electron chi connectivity index (χ1n) is 13.4. The third-order valence-electron chi connectivity index (χ3n) is 6.27. The average molecular weight is 498 g/mol. The van der Waals surface area contributed by atoms with E-state index in [0.717, 1.165) is 61.7 Å². The lowest BCUT2D eigenvalue weighted by molar-refractivity contribution is 0.0436. The normalized spacial score (nSPS) is 17.9. The summed E-state index contributed by atoms with van der Waals surface area (Å²) in [5.74, 6) is 2.07. The number of ether oxygens (including phenoxy) is 2. The monoisotopic (exact) mass is 497 g/mol. The molecule has 0 N–H and O–H groups in total. The Hall–Kier alpha value is -1.98. The molecule has 2 aromatic carbocycles. The second-order valence-electron chi connectivity index (χ2n) is 10.1. The van der Waals surface area contributed by atoms with Gasteiger partial charge in [-0.1, -0.05) is 53.2 Å². The average Bonchev–Trinajstić information content (AvgIpc) is 2.85. The van der Waals surface area contributed by atoms with Gasteiger partial charge in [-0.25, -0.2) is 0 Å². The van der Waals surface area contributed by atoms with E-state index in [4.69, 9.17) is 9.47 Å². The lowest BCUT2D eigenvalue weighted by atomic mass is 9.89. The Morgan fingerprint density at radius 3 is 2.34 bits per heavy atom. The molecule has 2 heterocycles. The van der Waals surface area contributed by atoms with E-state index in [1.54, 1.807) is 11.9 Å². The first-order valence-corrected chi connectivity index (χ1v) is 14.2. The second-order valence-corrected chi connectivity index (χ2v) is 11.2. The third kappa shape index (κ3) is 8.28. The van der Waals surface area contributed by atoms with Crippen LogP contribution in [0.5, 0.6) is 5.75 Å². The fourth-order valence-electron chi connectivity index (χ4n) is 4.46. The highest BCUT2D eigenvalue weighted by Gasteiger charge is 2.29. The molecule has 1 unspecified atom stereocenters. The molecule has 35 heavy (non-hydrogen) atoms. The van der Waals surface area contributed by atoms with Crippen molar-refractivity contribution in [3.8, 4) is 5.75 Å². The molecule has 2 aliphatic heterocycles. The number of aryl methyl sites for hydroxylation is 1. The zero-order valence-corrected chi connectivity index (χ0v) is 23.0. The Kier molecular flexibility index (Phi) is 11.0. The number of benzene rings is 2. The zero-order chi connectivity index (χ0) is 25.2.